The third kappa shape index (κ3) is 4.80. The van der Waals surface area contributed by atoms with Crippen molar-refractivity contribution in [1.29, 1.82) is 0 Å². The van der Waals surface area contributed by atoms with Crippen LogP contribution in [0, 0.1) is 0 Å². The van der Waals surface area contributed by atoms with Gasteiger partial charge in [0, 0.05) is 12.7 Å². The number of benzene rings is 1. The Balaban J connectivity index is 1.59. The van der Waals surface area contributed by atoms with E-state index in [1.54, 1.807) is 61.1 Å². The van der Waals surface area contributed by atoms with Crippen molar-refractivity contribution in [3.63, 3.8) is 0 Å². The molecule has 9 heteroatoms. The molecule has 0 unspecified atom stereocenters. The summed E-state index contributed by atoms with van der Waals surface area (Å²) in [6.45, 7) is 3.56. The van der Waals surface area contributed by atoms with Crippen LogP contribution in [0.4, 0.5) is 5.69 Å². The van der Waals surface area contributed by atoms with E-state index in [-0.39, 0.29) is 17.8 Å². The molecule has 3 rings (SSSR count). The summed E-state index contributed by atoms with van der Waals surface area (Å²) < 4.78 is 12.3. The van der Waals surface area contributed by atoms with Crippen LogP contribution in [0.2, 0.25) is 0 Å². The van der Waals surface area contributed by atoms with Gasteiger partial charge in [-0.25, -0.2) is 4.79 Å². The Hall–Kier alpha value is -3.07. The summed E-state index contributed by atoms with van der Waals surface area (Å²) >= 11 is 1.26. The molecule has 0 bridgehead atoms. The average molecular weight is 400 g/mol. The van der Waals surface area contributed by atoms with Gasteiger partial charge in [0.25, 0.3) is 0 Å². The van der Waals surface area contributed by atoms with Crippen molar-refractivity contribution in [2.45, 2.75) is 25.1 Å². The lowest BCUT2D eigenvalue weighted by molar-refractivity contribution is -0.113. The standard InChI is InChI=1S/C19H20N4O4S/c1-12(2)27-18(25)13-6-4-7-14(10-13)20-16(24)11-28-19-22-21-17(23(19)3)15-8-5-9-26-15/h4-10,12H,11H2,1-3H3,(H,20,24). The number of furan rings is 1. The Morgan fingerprint density at radius 3 is 2.79 bits per heavy atom. The molecule has 0 aliphatic heterocycles. The number of hydrogen-bond acceptors (Lipinski definition) is 7. The van der Waals surface area contributed by atoms with Crippen LogP contribution in [0.25, 0.3) is 11.6 Å². The predicted molar refractivity (Wildman–Crippen MR) is 105 cm³/mol. The molecule has 0 aliphatic carbocycles. The normalized spacial score (nSPS) is 10.9. The number of carbonyl (C=O) groups is 2. The van der Waals surface area contributed by atoms with Crippen LogP contribution < -0.4 is 5.32 Å². The molecule has 0 radical (unpaired) electrons. The molecule has 0 atom stereocenters. The second-order valence-electron chi connectivity index (χ2n) is 6.21. The van der Waals surface area contributed by atoms with Crippen LogP contribution >= 0.6 is 11.8 Å². The Kier molecular flexibility index (Phi) is 6.15. The molecule has 1 N–H and O–H groups in total. The molecule has 0 spiro atoms. The SMILES string of the molecule is CC(C)OC(=O)c1cccc(NC(=O)CSc2nnc(-c3ccco3)n2C)c1. The molecular formula is C19H20N4O4S. The zero-order chi connectivity index (χ0) is 20.1. The fourth-order valence-electron chi connectivity index (χ4n) is 2.39. The Morgan fingerprint density at radius 2 is 2.07 bits per heavy atom. The fourth-order valence-corrected chi connectivity index (χ4v) is 3.11. The first-order valence-corrected chi connectivity index (χ1v) is 9.59. The molecule has 0 fully saturated rings. The van der Waals surface area contributed by atoms with E-state index < -0.39 is 5.97 Å². The van der Waals surface area contributed by atoms with E-state index in [0.29, 0.717) is 28.0 Å². The van der Waals surface area contributed by atoms with Gasteiger partial charge in [-0.1, -0.05) is 17.8 Å². The Bertz CT molecular complexity index is 966. The molecule has 2 aromatic heterocycles. The van der Waals surface area contributed by atoms with Crippen molar-refractivity contribution in [1.82, 2.24) is 14.8 Å². The molecule has 1 aromatic carbocycles. The van der Waals surface area contributed by atoms with Crippen molar-refractivity contribution in [2.75, 3.05) is 11.1 Å². The number of nitrogens with zero attached hydrogens (tertiary/aromatic N) is 3. The van der Waals surface area contributed by atoms with Gasteiger partial charge in [-0.2, -0.15) is 0 Å². The van der Waals surface area contributed by atoms with Crippen LogP contribution in [0.3, 0.4) is 0 Å². The van der Waals surface area contributed by atoms with Crippen LogP contribution in [0.1, 0.15) is 24.2 Å². The molecule has 8 nitrogen and oxygen atoms in total. The highest BCUT2D eigenvalue weighted by molar-refractivity contribution is 7.99. The predicted octanol–water partition coefficient (Wildman–Crippen LogP) is 3.37. The number of ether oxygens (including phenoxy) is 1. The lowest BCUT2D eigenvalue weighted by Crippen LogP contribution is -2.16. The highest BCUT2D eigenvalue weighted by Crippen LogP contribution is 2.23. The zero-order valence-corrected chi connectivity index (χ0v) is 16.5. The third-order valence-corrected chi connectivity index (χ3v) is 4.65. The van der Waals surface area contributed by atoms with Gasteiger partial charge in [-0.05, 0) is 44.2 Å². The monoisotopic (exact) mass is 400 g/mol. The van der Waals surface area contributed by atoms with Crippen LogP contribution in [-0.4, -0.2) is 38.5 Å². The molecule has 0 saturated carbocycles. The van der Waals surface area contributed by atoms with Gasteiger partial charge in [-0.3, -0.25) is 4.79 Å². The highest BCUT2D eigenvalue weighted by Gasteiger charge is 2.15. The summed E-state index contributed by atoms with van der Waals surface area (Å²) in [4.78, 5) is 24.2. The van der Waals surface area contributed by atoms with Gasteiger partial charge >= 0.3 is 5.97 Å². The number of anilines is 1. The topological polar surface area (TPSA) is 99.2 Å². The minimum Gasteiger partial charge on any atom is -0.461 e. The zero-order valence-electron chi connectivity index (χ0n) is 15.7. The van der Waals surface area contributed by atoms with Crippen molar-refractivity contribution < 1.29 is 18.7 Å². The molecule has 1 amide bonds. The minimum atomic E-state index is -0.426. The van der Waals surface area contributed by atoms with Gasteiger partial charge in [0.05, 0.1) is 23.7 Å². The van der Waals surface area contributed by atoms with E-state index in [4.69, 9.17) is 9.15 Å². The highest BCUT2D eigenvalue weighted by atomic mass is 32.2. The van der Waals surface area contributed by atoms with Crippen molar-refractivity contribution in [3.05, 3.63) is 48.2 Å². The average Bonchev–Trinajstić information content (AvgIpc) is 3.29. The Labute approximate surface area is 166 Å². The first kappa shape index (κ1) is 19.7. The summed E-state index contributed by atoms with van der Waals surface area (Å²) in [7, 11) is 1.81. The van der Waals surface area contributed by atoms with E-state index in [9.17, 15) is 9.59 Å². The first-order valence-electron chi connectivity index (χ1n) is 8.61. The Morgan fingerprint density at radius 1 is 1.25 bits per heavy atom. The minimum absolute atomic E-state index is 0.144. The van der Waals surface area contributed by atoms with E-state index >= 15 is 0 Å². The summed E-state index contributed by atoms with van der Waals surface area (Å²) in [5.74, 6) is 0.692. The smallest absolute Gasteiger partial charge is 0.338 e. The maximum Gasteiger partial charge on any atom is 0.338 e. The number of rotatable bonds is 7. The molecule has 0 saturated heterocycles. The van der Waals surface area contributed by atoms with Gasteiger partial charge < -0.3 is 19.0 Å². The maximum absolute atomic E-state index is 12.3. The largest absolute Gasteiger partial charge is 0.461 e. The lowest BCUT2D eigenvalue weighted by Gasteiger charge is -2.09. The van der Waals surface area contributed by atoms with Gasteiger partial charge in [0.2, 0.25) is 5.91 Å². The van der Waals surface area contributed by atoms with Crippen molar-refractivity contribution >= 4 is 29.3 Å². The van der Waals surface area contributed by atoms with Crippen LogP contribution in [-0.2, 0) is 16.6 Å². The number of hydrogen-bond donors (Lipinski definition) is 1. The second kappa shape index (κ2) is 8.75. The van der Waals surface area contributed by atoms with Crippen LogP contribution in [0.5, 0.6) is 0 Å². The molecule has 2 heterocycles. The molecule has 0 aliphatic rings. The number of thioether (sulfide) groups is 1. The number of esters is 1. The van der Waals surface area contributed by atoms with E-state index in [0.717, 1.165) is 0 Å². The van der Waals surface area contributed by atoms with Crippen LogP contribution in [0.15, 0.2) is 52.2 Å². The van der Waals surface area contributed by atoms with E-state index in [1.165, 1.54) is 11.8 Å². The number of aromatic nitrogens is 3. The molecule has 146 valence electrons. The fraction of sp³-hybridized carbons (Fsp3) is 0.263. The van der Waals surface area contributed by atoms with Crippen molar-refractivity contribution in [3.8, 4) is 11.6 Å². The van der Waals surface area contributed by atoms with Gasteiger partial charge in [0.15, 0.2) is 16.7 Å². The summed E-state index contributed by atoms with van der Waals surface area (Å²) in [6.07, 6.45) is 1.36. The number of amides is 1. The quantitative estimate of drug-likeness (QED) is 0.479. The molecular weight excluding hydrogens is 380 g/mol. The van der Waals surface area contributed by atoms with E-state index in [2.05, 4.69) is 15.5 Å². The van der Waals surface area contributed by atoms with Gasteiger partial charge in [0.1, 0.15) is 0 Å². The maximum atomic E-state index is 12.3. The number of nitrogens with one attached hydrogen (secondary N) is 1. The molecule has 3 aromatic rings. The number of carbonyl (C=O) groups excluding carboxylic acids is 2. The molecule has 28 heavy (non-hydrogen) atoms. The lowest BCUT2D eigenvalue weighted by atomic mass is 10.2. The van der Waals surface area contributed by atoms with Crippen molar-refractivity contribution in [2.24, 2.45) is 7.05 Å². The second-order valence-corrected chi connectivity index (χ2v) is 7.16. The summed E-state index contributed by atoms with van der Waals surface area (Å²) in [5, 5.41) is 11.5. The first-order chi connectivity index (χ1) is 13.4. The summed E-state index contributed by atoms with van der Waals surface area (Å²) in [5.41, 5.74) is 0.911. The van der Waals surface area contributed by atoms with E-state index in [1.807, 2.05) is 7.05 Å². The van der Waals surface area contributed by atoms with Gasteiger partial charge in [-0.15, -0.1) is 10.2 Å². The third-order valence-electron chi connectivity index (χ3n) is 3.63. The summed E-state index contributed by atoms with van der Waals surface area (Å²) in [6, 6.07) is 10.2.